The molecule has 4 aromatic rings. The highest BCUT2D eigenvalue weighted by molar-refractivity contribution is 5.79. The molecule has 0 aliphatic rings. The summed E-state index contributed by atoms with van der Waals surface area (Å²) in [6.45, 7) is -0.126. The van der Waals surface area contributed by atoms with Crippen molar-refractivity contribution in [2.24, 2.45) is 0 Å². The van der Waals surface area contributed by atoms with Crippen LogP contribution in [0.2, 0.25) is 0 Å². The summed E-state index contributed by atoms with van der Waals surface area (Å²) in [5.74, 6) is 0.313. The number of aromatic amines is 1. The normalized spacial score (nSPS) is 12.2. The van der Waals surface area contributed by atoms with Gasteiger partial charge in [-0.05, 0) is 17.7 Å². The van der Waals surface area contributed by atoms with Crippen molar-refractivity contribution in [2.75, 3.05) is 0 Å². The van der Waals surface area contributed by atoms with Crippen molar-refractivity contribution in [3.63, 3.8) is 0 Å². The number of hydrogen-bond acceptors (Lipinski definition) is 4. The van der Waals surface area contributed by atoms with E-state index in [1.807, 2.05) is 60.7 Å². The number of carbonyl (C=O) groups is 1. The molecule has 4 rings (SSSR count). The Labute approximate surface area is 148 Å². The van der Waals surface area contributed by atoms with Crippen LogP contribution in [0.25, 0.3) is 11.0 Å². The molecule has 0 unspecified atom stereocenters. The van der Waals surface area contributed by atoms with E-state index in [4.69, 9.17) is 4.42 Å². The highest BCUT2D eigenvalue weighted by Crippen LogP contribution is 2.28. The minimum absolute atomic E-state index is 0.126. The van der Waals surface area contributed by atoms with Gasteiger partial charge in [0.1, 0.15) is 30.3 Å². The van der Waals surface area contributed by atoms with Gasteiger partial charge in [-0.25, -0.2) is 9.89 Å². The van der Waals surface area contributed by atoms with E-state index < -0.39 is 11.7 Å². The van der Waals surface area contributed by atoms with Crippen molar-refractivity contribution in [3.05, 3.63) is 88.8 Å². The average Bonchev–Trinajstić information content (AvgIpc) is 3.26. The maximum atomic E-state index is 12.5. The molecule has 0 aliphatic carbocycles. The van der Waals surface area contributed by atoms with Gasteiger partial charge in [-0.1, -0.05) is 48.5 Å². The van der Waals surface area contributed by atoms with Crippen LogP contribution in [0, 0.1) is 0 Å². The van der Waals surface area contributed by atoms with Crippen LogP contribution in [0.5, 0.6) is 0 Å². The van der Waals surface area contributed by atoms with Crippen LogP contribution in [0.15, 0.2) is 76.2 Å². The van der Waals surface area contributed by atoms with Gasteiger partial charge in [0, 0.05) is 5.39 Å². The number of rotatable bonds is 5. The Morgan fingerprint density at radius 1 is 1.15 bits per heavy atom. The highest BCUT2D eigenvalue weighted by Gasteiger charge is 2.21. The van der Waals surface area contributed by atoms with E-state index in [0.29, 0.717) is 5.76 Å². The van der Waals surface area contributed by atoms with Gasteiger partial charge >= 0.3 is 5.69 Å². The topological polar surface area (TPSA) is 92.9 Å². The minimum Gasteiger partial charge on any atom is -0.459 e. The zero-order valence-corrected chi connectivity index (χ0v) is 13.8. The zero-order valence-electron chi connectivity index (χ0n) is 13.8. The molecule has 2 heterocycles. The van der Waals surface area contributed by atoms with Gasteiger partial charge in [0.15, 0.2) is 0 Å². The van der Waals surface area contributed by atoms with Gasteiger partial charge in [-0.2, -0.15) is 5.10 Å². The monoisotopic (exact) mass is 348 g/mol. The fourth-order valence-corrected chi connectivity index (χ4v) is 2.85. The first kappa shape index (κ1) is 15.9. The first-order chi connectivity index (χ1) is 12.7. The van der Waals surface area contributed by atoms with Crippen molar-refractivity contribution < 1.29 is 9.21 Å². The Balaban J connectivity index is 1.66. The Morgan fingerprint density at radius 3 is 2.65 bits per heavy atom. The van der Waals surface area contributed by atoms with Crippen LogP contribution in [0.1, 0.15) is 17.4 Å². The molecule has 0 saturated heterocycles. The van der Waals surface area contributed by atoms with Crippen molar-refractivity contribution in [1.29, 1.82) is 0 Å². The first-order valence-electron chi connectivity index (χ1n) is 8.13. The molecule has 0 saturated carbocycles. The first-order valence-corrected chi connectivity index (χ1v) is 8.13. The lowest BCUT2D eigenvalue weighted by Gasteiger charge is -2.17. The van der Waals surface area contributed by atoms with Gasteiger partial charge < -0.3 is 9.73 Å². The molecule has 1 atom stereocenters. The number of furan rings is 1. The molecule has 130 valence electrons. The summed E-state index contributed by atoms with van der Waals surface area (Å²) in [5.41, 5.74) is 1.21. The molecule has 0 bridgehead atoms. The molecule has 1 amide bonds. The van der Waals surface area contributed by atoms with Crippen LogP contribution >= 0.6 is 0 Å². The van der Waals surface area contributed by atoms with Gasteiger partial charge in [-0.3, -0.25) is 9.36 Å². The zero-order chi connectivity index (χ0) is 17.9. The van der Waals surface area contributed by atoms with Crippen LogP contribution in [-0.2, 0) is 11.3 Å². The van der Waals surface area contributed by atoms with Crippen molar-refractivity contribution >= 4 is 16.9 Å². The van der Waals surface area contributed by atoms with Gasteiger partial charge in [0.25, 0.3) is 0 Å². The molecule has 7 heteroatoms. The summed E-state index contributed by atoms with van der Waals surface area (Å²) in [4.78, 5) is 24.0. The average molecular weight is 348 g/mol. The van der Waals surface area contributed by atoms with E-state index >= 15 is 0 Å². The highest BCUT2D eigenvalue weighted by atomic mass is 16.3. The standard InChI is InChI=1S/C19H16N4O3/c24-17(11-23-12-20-22-19(23)25)21-18(13-6-2-1-3-7-13)16-10-14-8-4-5-9-15(14)26-16/h1-10,12,18H,11H2,(H,21,24)(H,22,25)/t18-/m0/s1. The minimum atomic E-state index is -0.460. The fourth-order valence-electron chi connectivity index (χ4n) is 2.85. The van der Waals surface area contributed by atoms with Crippen molar-refractivity contribution in [2.45, 2.75) is 12.6 Å². The van der Waals surface area contributed by atoms with Gasteiger partial charge in [-0.15, -0.1) is 0 Å². The van der Waals surface area contributed by atoms with Crippen molar-refractivity contribution in [1.82, 2.24) is 20.1 Å². The summed E-state index contributed by atoms with van der Waals surface area (Å²) in [5, 5.41) is 9.80. The lowest BCUT2D eigenvalue weighted by molar-refractivity contribution is -0.122. The largest absolute Gasteiger partial charge is 0.459 e. The predicted molar refractivity (Wildman–Crippen MR) is 95.5 cm³/mol. The van der Waals surface area contributed by atoms with E-state index in [2.05, 4.69) is 15.5 Å². The molecular weight excluding hydrogens is 332 g/mol. The third-order valence-corrected chi connectivity index (χ3v) is 4.10. The third-order valence-electron chi connectivity index (χ3n) is 4.10. The second-order valence-electron chi connectivity index (χ2n) is 5.89. The lowest BCUT2D eigenvalue weighted by atomic mass is 10.0. The van der Waals surface area contributed by atoms with Crippen LogP contribution in [0.3, 0.4) is 0 Å². The number of para-hydroxylation sites is 1. The second kappa shape index (κ2) is 6.72. The fraction of sp³-hybridized carbons (Fsp3) is 0.105. The SMILES string of the molecule is O=C(Cn1cn[nH]c1=O)N[C@@H](c1ccccc1)c1cc2ccccc2o1. The number of carbonyl (C=O) groups excluding carboxylic acids is 1. The molecule has 7 nitrogen and oxygen atoms in total. The molecular formula is C19H16N4O3. The molecule has 26 heavy (non-hydrogen) atoms. The molecule has 0 aliphatic heterocycles. The molecule has 0 fully saturated rings. The summed E-state index contributed by atoms with van der Waals surface area (Å²) in [6.07, 6.45) is 1.29. The van der Waals surface area contributed by atoms with Crippen LogP contribution in [-0.4, -0.2) is 20.7 Å². The Morgan fingerprint density at radius 2 is 1.92 bits per heavy atom. The summed E-state index contributed by atoms with van der Waals surface area (Å²) < 4.78 is 7.15. The van der Waals surface area contributed by atoms with E-state index in [1.165, 1.54) is 10.9 Å². The maximum Gasteiger partial charge on any atom is 0.343 e. The Bertz CT molecular complexity index is 1060. The number of nitrogens with one attached hydrogen (secondary N) is 2. The van der Waals surface area contributed by atoms with Gasteiger partial charge in [0.05, 0.1) is 0 Å². The molecule has 0 spiro atoms. The number of hydrogen-bond donors (Lipinski definition) is 2. The Hall–Kier alpha value is -3.61. The van der Waals surface area contributed by atoms with E-state index in [1.54, 1.807) is 0 Å². The number of benzene rings is 2. The number of aromatic nitrogens is 3. The number of fused-ring (bicyclic) bond motifs is 1. The molecule has 2 aromatic heterocycles. The number of H-pyrrole nitrogens is 1. The van der Waals surface area contributed by atoms with E-state index in [9.17, 15) is 9.59 Å². The summed E-state index contributed by atoms with van der Waals surface area (Å²) in [6, 6.07) is 18.7. The number of amides is 1. The van der Waals surface area contributed by atoms with E-state index in [0.717, 1.165) is 16.5 Å². The van der Waals surface area contributed by atoms with Gasteiger partial charge in [0.2, 0.25) is 5.91 Å². The second-order valence-corrected chi connectivity index (χ2v) is 5.89. The smallest absolute Gasteiger partial charge is 0.343 e. The van der Waals surface area contributed by atoms with Crippen LogP contribution < -0.4 is 11.0 Å². The number of nitrogens with zero attached hydrogens (tertiary/aromatic N) is 2. The molecule has 0 radical (unpaired) electrons. The lowest BCUT2D eigenvalue weighted by Crippen LogP contribution is -2.34. The van der Waals surface area contributed by atoms with Crippen LogP contribution in [0.4, 0.5) is 0 Å². The predicted octanol–water partition coefficient (Wildman–Crippen LogP) is 2.22. The quantitative estimate of drug-likeness (QED) is 0.578. The summed E-state index contributed by atoms with van der Waals surface area (Å²) >= 11 is 0. The molecule has 2 N–H and O–H groups in total. The molecule has 2 aromatic carbocycles. The Kier molecular flexibility index (Phi) is 4.10. The van der Waals surface area contributed by atoms with Crippen molar-refractivity contribution in [3.8, 4) is 0 Å². The summed E-state index contributed by atoms with van der Waals surface area (Å²) in [7, 11) is 0. The third kappa shape index (κ3) is 3.14. The van der Waals surface area contributed by atoms with E-state index in [-0.39, 0.29) is 12.5 Å². The maximum absolute atomic E-state index is 12.5.